The number of carbonyl (C=O) groups is 1. The lowest BCUT2D eigenvalue weighted by Gasteiger charge is -2.02. The van der Waals surface area contributed by atoms with Gasteiger partial charge in [-0.15, -0.1) is 11.6 Å². The van der Waals surface area contributed by atoms with E-state index >= 15 is 0 Å². The Hall–Kier alpha value is -1.06. The first kappa shape index (κ1) is 11.0. The number of ether oxygens (including phenoxy) is 1. The molecule has 14 heavy (non-hydrogen) atoms. The fourth-order valence-electron chi connectivity index (χ4n) is 0.952. The molecule has 0 amide bonds. The number of hydrogen-bond donors (Lipinski definition) is 1. The summed E-state index contributed by atoms with van der Waals surface area (Å²) in [6.07, 6.45) is 0. The van der Waals surface area contributed by atoms with E-state index in [1.165, 1.54) is 0 Å². The maximum atomic E-state index is 11.2. The van der Waals surface area contributed by atoms with Gasteiger partial charge in [-0.1, -0.05) is 12.1 Å². The molecule has 0 heterocycles. The van der Waals surface area contributed by atoms with Crippen LogP contribution in [0.4, 0.5) is 0 Å². The normalized spacial score (nSPS) is 9.86. The summed E-state index contributed by atoms with van der Waals surface area (Å²) in [7, 11) is 0. The molecule has 0 spiro atoms. The number of benzene rings is 1. The van der Waals surface area contributed by atoms with Crippen LogP contribution >= 0.6 is 11.6 Å². The highest BCUT2D eigenvalue weighted by molar-refractivity contribution is 6.17. The molecule has 4 heteroatoms. The van der Waals surface area contributed by atoms with E-state index in [1.807, 2.05) is 0 Å². The first-order valence-electron chi connectivity index (χ1n) is 4.21. The largest absolute Gasteiger partial charge is 0.460 e. The summed E-state index contributed by atoms with van der Waals surface area (Å²) in [5.74, 6) is -0.00781. The molecule has 1 aromatic rings. The second kappa shape index (κ2) is 5.62. The van der Waals surface area contributed by atoms with Crippen molar-refractivity contribution in [2.24, 2.45) is 0 Å². The second-order valence-corrected chi connectivity index (χ2v) is 2.96. The number of aliphatic hydroxyl groups is 1. The van der Waals surface area contributed by atoms with Crippen LogP contribution in [0.5, 0.6) is 0 Å². The van der Waals surface area contributed by atoms with E-state index in [2.05, 4.69) is 0 Å². The summed E-state index contributed by atoms with van der Waals surface area (Å²) < 4.78 is 4.73. The van der Waals surface area contributed by atoms with E-state index in [1.54, 1.807) is 24.3 Å². The summed E-state index contributed by atoms with van der Waals surface area (Å²) in [4.78, 5) is 11.2. The molecule has 0 atom stereocenters. The number of rotatable bonds is 4. The third-order valence-corrected chi connectivity index (χ3v) is 1.98. The maximum Gasteiger partial charge on any atom is 0.338 e. The van der Waals surface area contributed by atoms with Gasteiger partial charge in [0.2, 0.25) is 0 Å². The third-order valence-electron chi connectivity index (χ3n) is 1.67. The summed E-state index contributed by atoms with van der Waals surface area (Å²) in [5, 5.41) is 8.45. The average Bonchev–Trinajstić information content (AvgIpc) is 2.26. The minimum Gasteiger partial charge on any atom is -0.460 e. The molecule has 0 radical (unpaired) electrons. The standard InChI is InChI=1S/C10H11ClO3/c11-7-8-1-3-9(4-2-8)10(13)14-6-5-12/h1-4,12H,5-7H2. The zero-order chi connectivity index (χ0) is 10.4. The Balaban J connectivity index is 2.62. The predicted molar refractivity (Wildman–Crippen MR) is 53.4 cm³/mol. The van der Waals surface area contributed by atoms with Crippen LogP contribution in [-0.2, 0) is 10.6 Å². The molecular weight excluding hydrogens is 204 g/mol. The molecule has 0 aromatic heterocycles. The van der Waals surface area contributed by atoms with Gasteiger partial charge in [0.05, 0.1) is 12.2 Å². The van der Waals surface area contributed by atoms with Crippen LogP contribution in [0.25, 0.3) is 0 Å². The lowest BCUT2D eigenvalue weighted by Crippen LogP contribution is -2.08. The van der Waals surface area contributed by atoms with Crippen molar-refractivity contribution in [2.45, 2.75) is 5.88 Å². The molecule has 1 N–H and O–H groups in total. The number of aliphatic hydroxyl groups excluding tert-OH is 1. The van der Waals surface area contributed by atoms with Crippen molar-refractivity contribution < 1.29 is 14.6 Å². The van der Waals surface area contributed by atoms with Gasteiger partial charge in [0.25, 0.3) is 0 Å². The van der Waals surface area contributed by atoms with E-state index in [-0.39, 0.29) is 13.2 Å². The highest BCUT2D eigenvalue weighted by Crippen LogP contribution is 2.07. The van der Waals surface area contributed by atoms with Crippen LogP contribution in [0.15, 0.2) is 24.3 Å². The van der Waals surface area contributed by atoms with Gasteiger partial charge in [-0.05, 0) is 17.7 Å². The Bertz CT molecular complexity index is 295. The van der Waals surface area contributed by atoms with E-state index in [0.717, 1.165) is 5.56 Å². The molecule has 0 bridgehead atoms. The first-order valence-corrected chi connectivity index (χ1v) is 4.74. The molecule has 0 saturated carbocycles. The summed E-state index contributed by atoms with van der Waals surface area (Å²) >= 11 is 5.59. The number of hydrogen-bond acceptors (Lipinski definition) is 3. The second-order valence-electron chi connectivity index (χ2n) is 2.69. The first-order chi connectivity index (χ1) is 6.77. The minimum atomic E-state index is -0.430. The quantitative estimate of drug-likeness (QED) is 0.612. The van der Waals surface area contributed by atoms with Crippen LogP contribution in [0.2, 0.25) is 0 Å². The third kappa shape index (κ3) is 3.01. The molecule has 1 aromatic carbocycles. The molecule has 76 valence electrons. The predicted octanol–water partition coefficient (Wildman–Crippen LogP) is 1.57. The van der Waals surface area contributed by atoms with Crippen molar-refractivity contribution in [1.29, 1.82) is 0 Å². The van der Waals surface area contributed by atoms with E-state index in [4.69, 9.17) is 21.4 Å². The van der Waals surface area contributed by atoms with Crippen molar-refractivity contribution in [1.82, 2.24) is 0 Å². The van der Waals surface area contributed by atoms with Crippen molar-refractivity contribution in [2.75, 3.05) is 13.2 Å². The Morgan fingerprint density at radius 2 is 2.00 bits per heavy atom. The monoisotopic (exact) mass is 214 g/mol. The van der Waals surface area contributed by atoms with Gasteiger partial charge < -0.3 is 9.84 Å². The Morgan fingerprint density at radius 3 is 2.50 bits per heavy atom. The van der Waals surface area contributed by atoms with Crippen LogP contribution in [0, 0.1) is 0 Å². The van der Waals surface area contributed by atoms with Crippen LogP contribution in [-0.4, -0.2) is 24.3 Å². The van der Waals surface area contributed by atoms with E-state index in [9.17, 15) is 4.79 Å². The van der Waals surface area contributed by atoms with Crippen LogP contribution in [0.3, 0.4) is 0 Å². The molecular formula is C10H11ClO3. The summed E-state index contributed by atoms with van der Waals surface area (Å²) in [6, 6.07) is 6.83. The molecule has 3 nitrogen and oxygen atoms in total. The lowest BCUT2D eigenvalue weighted by molar-refractivity contribution is 0.0434. The lowest BCUT2D eigenvalue weighted by atomic mass is 10.1. The van der Waals surface area contributed by atoms with Crippen molar-refractivity contribution in [3.63, 3.8) is 0 Å². The number of esters is 1. The van der Waals surface area contributed by atoms with Crippen molar-refractivity contribution in [3.8, 4) is 0 Å². The zero-order valence-corrected chi connectivity index (χ0v) is 8.33. The molecule has 0 aliphatic carbocycles. The number of carbonyl (C=O) groups excluding carboxylic acids is 1. The van der Waals surface area contributed by atoms with Crippen molar-refractivity contribution in [3.05, 3.63) is 35.4 Å². The summed E-state index contributed by atoms with van der Waals surface area (Å²) in [5.41, 5.74) is 1.41. The number of alkyl halides is 1. The fraction of sp³-hybridized carbons (Fsp3) is 0.300. The highest BCUT2D eigenvalue weighted by atomic mass is 35.5. The van der Waals surface area contributed by atoms with Gasteiger partial charge in [-0.25, -0.2) is 4.79 Å². The van der Waals surface area contributed by atoms with Gasteiger partial charge >= 0.3 is 5.97 Å². The summed E-state index contributed by atoms with van der Waals surface area (Å²) in [6.45, 7) is -0.137. The van der Waals surface area contributed by atoms with Crippen LogP contribution < -0.4 is 0 Å². The van der Waals surface area contributed by atoms with Gasteiger partial charge in [0.15, 0.2) is 0 Å². The SMILES string of the molecule is O=C(OCCO)c1ccc(CCl)cc1. The smallest absolute Gasteiger partial charge is 0.338 e. The van der Waals surface area contributed by atoms with Gasteiger partial charge in [-0.2, -0.15) is 0 Å². The van der Waals surface area contributed by atoms with Crippen molar-refractivity contribution >= 4 is 17.6 Å². The van der Waals surface area contributed by atoms with Crippen LogP contribution in [0.1, 0.15) is 15.9 Å². The Kier molecular flexibility index (Phi) is 4.43. The molecule has 0 saturated heterocycles. The van der Waals surface area contributed by atoms with Gasteiger partial charge in [-0.3, -0.25) is 0 Å². The van der Waals surface area contributed by atoms with E-state index < -0.39 is 5.97 Å². The molecule has 0 aliphatic rings. The van der Waals surface area contributed by atoms with Gasteiger partial charge in [0.1, 0.15) is 6.61 Å². The molecule has 0 unspecified atom stereocenters. The highest BCUT2D eigenvalue weighted by Gasteiger charge is 2.05. The Labute approximate surface area is 87.3 Å². The fourth-order valence-corrected chi connectivity index (χ4v) is 1.13. The molecule has 0 fully saturated rings. The molecule has 0 aliphatic heterocycles. The maximum absolute atomic E-state index is 11.2. The zero-order valence-electron chi connectivity index (χ0n) is 7.57. The van der Waals surface area contributed by atoms with Gasteiger partial charge in [0, 0.05) is 5.88 Å². The topological polar surface area (TPSA) is 46.5 Å². The van der Waals surface area contributed by atoms with E-state index in [0.29, 0.717) is 11.4 Å². The minimum absolute atomic E-state index is 0.0239. The Morgan fingerprint density at radius 1 is 1.36 bits per heavy atom. The number of halogens is 1. The average molecular weight is 215 g/mol. The molecule has 1 rings (SSSR count).